The van der Waals surface area contributed by atoms with Crippen molar-refractivity contribution in [2.24, 2.45) is 5.92 Å². The van der Waals surface area contributed by atoms with E-state index in [0.29, 0.717) is 5.92 Å². The highest BCUT2D eigenvalue weighted by atomic mass is 16.5. The lowest BCUT2D eigenvalue weighted by molar-refractivity contribution is -0.124. The van der Waals surface area contributed by atoms with E-state index in [1.807, 2.05) is 12.1 Å². The molecule has 29 heavy (non-hydrogen) atoms. The molecule has 1 amide bonds. The first-order valence-corrected chi connectivity index (χ1v) is 10.1. The number of carbonyl (C=O) groups is 1. The van der Waals surface area contributed by atoms with Crippen molar-refractivity contribution in [3.8, 4) is 0 Å². The number of aromatic nitrogens is 1. The van der Waals surface area contributed by atoms with E-state index in [-0.39, 0.29) is 0 Å². The van der Waals surface area contributed by atoms with Gasteiger partial charge in [0.15, 0.2) is 0 Å². The Labute approximate surface area is 171 Å². The minimum atomic E-state index is -0.525. The molecule has 3 aromatic rings. The number of rotatable bonds is 6. The summed E-state index contributed by atoms with van der Waals surface area (Å²) in [7, 11) is 0. The molecule has 1 aliphatic heterocycles. The number of carbonyl (C=O) groups excluding carboxylic acids is 1. The van der Waals surface area contributed by atoms with E-state index in [0.717, 1.165) is 31.6 Å². The van der Waals surface area contributed by atoms with Crippen LogP contribution >= 0.6 is 0 Å². The molecule has 1 aromatic heterocycles. The fourth-order valence-corrected chi connectivity index (χ4v) is 4.31. The highest BCUT2D eigenvalue weighted by molar-refractivity contribution is 5.90. The third-order valence-corrected chi connectivity index (χ3v) is 5.81. The number of aryl methyl sites for hydroxylation is 1. The zero-order valence-corrected chi connectivity index (χ0v) is 16.7. The number of H-pyrrole nitrogens is 1. The predicted molar refractivity (Wildman–Crippen MR) is 116 cm³/mol. The molecule has 2 aromatic carbocycles. The van der Waals surface area contributed by atoms with Gasteiger partial charge in [0.2, 0.25) is 0 Å². The lowest BCUT2D eigenvalue weighted by Crippen LogP contribution is -2.20. The molecule has 5 heteroatoms. The zero-order valence-electron chi connectivity index (χ0n) is 16.7. The first-order valence-electron chi connectivity index (χ1n) is 10.1. The number of amides is 1. The number of nitrogens with one attached hydrogen (secondary N) is 2. The summed E-state index contributed by atoms with van der Waals surface area (Å²) in [6, 6.07) is 16.8. The maximum Gasteiger partial charge on any atom is 0.267 e. The van der Waals surface area contributed by atoms with Crippen molar-refractivity contribution < 1.29 is 10.0 Å². The molecule has 1 aliphatic rings. The van der Waals surface area contributed by atoms with Crippen molar-refractivity contribution in [3.05, 3.63) is 77.0 Å². The summed E-state index contributed by atoms with van der Waals surface area (Å²) in [6.07, 6.45) is 5.36. The highest BCUT2D eigenvalue weighted by Crippen LogP contribution is 2.28. The van der Waals surface area contributed by atoms with Crippen LogP contribution in [0.3, 0.4) is 0 Å². The number of hydrogen-bond acceptors (Lipinski definition) is 3. The molecule has 0 bridgehead atoms. The minimum Gasteiger partial charge on any atom is -0.358 e. The van der Waals surface area contributed by atoms with Gasteiger partial charge in [-0.1, -0.05) is 42.5 Å². The fraction of sp³-hybridized carbons (Fsp3) is 0.292. The van der Waals surface area contributed by atoms with Crippen LogP contribution in [0, 0.1) is 12.8 Å². The van der Waals surface area contributed by atoms with Crippen LogP contribution in [0.4, 0.5) is 0 Å². The second-order valence-electron chi connectivity index (χ2n) is 7.92. The molecule has 150 valence electrons. The maximum absolute atomic E-state index is 11.1. The fourth-order valence-electron chi connectivity index (χ4n) is 4.31. The van der Waals surface area contributed by atoms with E-state index >= 15 is 0 Å². The van der Waals surface area contributed by atoms with Crippen LogP contribution < -0.4 is 5.48 Å². The van der Waals surface area contributed by atoms with Crippen molar-refractivity contribution in [3.63, 3.8) is 0 Å². The Morgan fingerprint density at radius 1 is 1.24 bits per heavy atom. The maximum atomic E-state index is 11.1. The number of likely N-dealkylation sites (tertiary alicyclic amines) is 1. The van der Waals surface area contributed by atoms with Crippen LogP contribution in [0.1, 0.15) is 28.8 Å². The summed E-state index contributed by atoms with van der Waals surface area (Å²) < 4.78 is 0. The van der Waals surface area contributed by atoms with Crippen molar-refractivity contribution in [2.75, 3.05) is 13.1 Å². The van der Waals surface area contributed by atoms with Gasteiger partial charge in [0.25, 0.3) is 5.91 Å². The highest BCUT2D eigenvalue weighted by Gasteiger charge is 2.24. The average molecular weight is 389 g/mol. The number of para-hydroxylation sites is 1. The van der Waals surface area contributed by atoms with Gasteiger partial charge in [-0.15, -0.1) is 0 Å². The summed E-state index contributed by atoms with van der Waals surface area (Å²) in [6.45, 7) is 5.38. The molecular weight excluding hydrogens is 362 g/mol. The van der Waals surface area contributed by atoms with E-state index in [9.17, 15) is 4.79 Å². The van der Waals surface area contributed by atoms with Gasteiger partial charge in [0.1, 0.15) is 0 Å². The molecule has 3 N–H and O–H groups in total. The van der Waals surface area contributed by atoms with E-state index in [1.54, 1.807) is 11.6 Å². The van der Waals surface area contributed by atoms with Gasteiger partial charge in [-0.05, 0) is 61.1 Å². The van der Waals surface area contributed by atoms with Gasteiger partial charge in [-0.3, -0.25) is 14.9 Å². The molecule has 4 rings (SSSR count). The molecule has 1 unspecified atom stereocenters. The molecular formula is C24H27N3O2. The van der Waals surface area contributed by atoms with Crippen molar-refractivity contribution in [1.29, 1.82) is 0 Å². The van der Waals surface area contributed by atoms with Crippen LogP contribution in [-0.2, 0) is 17.8 Å². The van der Waals surface area contributed by atoms with E-state index < -0.39 is 5.91 Å². The second kappa shape index (κ2) is 8.64. The summed E-state index contributed by atoms with van der Waals surface area (Å²) in [5, 5.41) is 9.89. The number of benzene rings is 2. The summed E-state index contributed by atoms with van der Waals surface area (Å²) >= 11 is 0. The van der Waals surface area contributed by atoms with Gasteiger partial charge in [-0.2, -0.15) is 0 Å². The molecule has 5 nitrogen and oxygen atoms in total. The van der Waals surface area contributed by atoms with E-state index in [2.05, 4.69) is 53.2 Å². The number of aromatic amines is 1. The van der Waals surface area contributed by atoms with E-state index in [4.69, 9.17) is 5.21 Å². The van der Waals surface area contributed by atoms with Crippen molar-refractivity contribution in [2.45, 2.75) is 26.3 Å². The third-order valence-electron chi connectivity index (χ3n) is 5.81. The molecule has 0 radical (unpaired) electrons. The Morgan fingerprint density at radius 2 is 2.03 bits per heavy atom. The molecule has 2 heterocycles. The number of hydroxylamine groups is 1. The Bertz CT molecular complexity index is 1020. The second-order valence-corrected chi connectivity index (χ2v) is 7.92. The Hall–Kier alpha value is -2.89. The third kappa shape index (κ3) is 4.58. The quantitative estimate of drug-likeness (QED) is 0.338. The monoisotopic (exact) mass is 389 g/mol. The lowest BCUT2D eigenvalue weighted by atomic mass is 9.96. The van der Waals surface area contributed by atoms with E-state index in [1.165, 1.54) is 40.2 Å². The van der Waals surface area contributed by atoms with Crippen molar-refractivity contribution in [1.82, 2.24) is 15.4 Å². The average Bonchev–Trinajstić information content (AvgIpc) is 3.31. The van der Waals surface area contributed by atoms with Gasteiger partial charge in [0, 0.05) is 35.8 Å². The van der Waals surface area contributed by atoms with Crippen LogP contribution in [0.2, 0.25) is 0 Å². The number of fused-ring (bicyclic) bond motifs is 1. The van der Waals surface area contributed by atoms with Crippen LogP contribution in [0.5, 0.6) is 0 Å². The van der Waals surface area contributed by atoms with Crippen molar-refractivity contribution >= 4 is 22.9 Å². The minimum absolute atomic E-state index is 0.525. The Kier molecular flexibility index (Phi) is 5.79. The SMILES string of the molecule is Cc1[nH]c2ccccc2c1CC1CCN(Cc2ccc(C=CC(=O)NO)cc2)C1. The number of hydrogen-bond donors (Lipinski definition) is 3. The van der Waals surface area contributed by atoms with Gasteiger partial charge in [-0.25, -0.2) is 5.48 Å². The van der Waals surface area contributed by atoms with Gasteiger partial charge < -0.3 is 4.98 Å². The molecule has 1 atom stereocenters. The summed E-state index contributed by atoms with van der Waals surface area (Å²) in [5.74, 6) is 0.162. The Morgan fingerprint density at radius 3 is 2.83 bits per heavy atom. The Balaban J connectivity index is 1.35. The molecule has 1 saturated heterocycles. The van der Waals surface area contributed by atoms with Gasteiger partial charge in [0.05, 0.1) is 0 Å². The molecule has 1 fully saturated rings. The molecule has 0 saturated carbocycles. The largest absolute Gasteiger partial charge is 0.358 e. The molecule has 0 aliphatic carbocycles. The molecule has 0 spiro atoms. The topological polar surface area (TPSA) is 68.4 Å². The first kappa shape index (κ1) is 19.4. The summed E-state index contributed by atoms with van der Waals surface area (Å²) in [5.41, 5.74) is 7.80. The smallest absolute Gasteiger partial charge is 0.267 e. The normalized spacial score (nSPS) is 17.4. The lowest BCUT2D eigenvalue weighted by Gasteiger charge is -2.16. The standard InChI is InChI=1S/C24H27N3O2/c1-17-22(21-4-2-3-5-23(21)25-17)14-20-12-13-27(16-20)15-19-8-6-18(7-9-19)10-11-24(28)26-29/h2-11,20,25,29H,12-16H2,1H3,(H,26,28). The van der Waals surface area contributed by atoms with Crippen LogP contribution in [0.25, 0.3) is 17.0 Å². The predicted octanol–water partition coefficient (Wildman–Crippen LogP) is 4.06. The zero-order chi connectivity index (χ0) is 20.2. The first-order chi connectivity index (χ1) is 14.1. The summed E-state index contributed by atoms with van der Waals surface area (Å²) in [4.78, 5) is 17.1. The number of nitrogens with zero attached hydrogens (tertiary/aromatic N) is 1. The van der Waals surface area contributed by atoms with Crippen LogP contribution in [-0.4, -0.2) is 34.1 Å². The van der Waals surface area contributed by atoms with Crippen LogP contribution in [0.15, 0.2) is 54.6 Å². The van der Waals surface area contributed by atoms with Gasteiger partial charge >= 0.3 is 0 Å².